The zero-order valence-corrected chi connectivity index (χ0v) is 10.9. The molecule has 1 aromatic rings. The van der Waals surface area contributed by atoms with Gasteiger partial charge in [0.15, 0.2) is 11.5 Å². The van der Waals surface area contributed by atoms with Gasteiger partial charge in [-0.25, -0.2) is 0 Å². The monoisotopic (exact) mass is 240 g/mol. The van der Waals surface area contributed by atoms with Crippen molar-refractivity contribution in [1.29, 1.82) is 0 Å². The molecule has 0 fully saturated rings. The SMILES string of the molecule is CC.CC(=O)c1ccc(OC2=C=C=CC=C2)cc1. The number of ether oxygens (including phenoxy) is 1. The van der Waals surface area contributed by atoms with Gasteiger partial charge in [-0.15, -0.1) is 0 Å². The van der Waals surface area contributed by atoms with Crippen molar-refractivity contribution in [2.24, 2.45) is 0 Å². The highest BCUT2D eigenvalue weighted by Crippen LogP contribution is 2.16. The van der Waals surface area contributed by atoms with Crippen LogP contribution in [0.3, 0.4) is 0 Å². The summed E-state index contributed by atoms with van der Waals surface area (Å²) in [4.78, 5) is 11.1. The lowest BCUT2D eigenvalue weighted by atomic mass is 10.1. The smallest absolute Gasteiger partial charge is 0.177 e. The van der Waals surface area contributed by atoms with Crippen LogP contribution in [0.2, 0.25) is 0 Å². The molecule has 0 aliphatic heterocycles. The van der Waals surface area contributed by atoms with Crippen LogP contribution in [0.1, 0.15) is 31.1 Å². The summed E-state index contributed by atoms with van der Waals surface area (Å²) in [7, 11) is 0. The molecule has 0 saturated carbocycles. The lowest BCUT2D eigenvalue weighted by Gasteiger charge is -2.04. The van der Waals surface area contributed by atoms with Gasteiger partial charge in [-0.05, 0) is 55.1 Å². The molecular formula is C16H16O2. The van der Waals surface area contributed by atoms with E-state index in [1.165, 1.54) is 6.92 Å². The van der Waals surface area contributed by atoms with Crippen LogP contribution in [0.15, 0.2) is 59.7 Å². The van der Waals surface area contributed by atoms with Crippen LogP contribution in [0.4, 0.5) is 0 Å². The maximum absolute atomic E-state index is 11.1. The fourth-order valence-electron chi connectivity index (χ4n) is 1.28. The Hall–Kier alpha value is -2.27. The van der Waals surface area contributed by atoms with E-state index in [4.69, 9.17) is 4.74 Å². The first-order valence-electron chi connectivity index (χ1n) is 5.93. The molecule has 0 aromatic heterocycles. The van der Waals surface area contributed by atoms with Crippen LogP contribution in [-0.2, 0) is 0 Å². The van der Waals surface area contributed by atoms with Gasteiger partial charge in [0.25, 0.3) is 0 Å². The Morgan fingerprint density at radius 2 is 1.83 bits per heavy atom. The molecule has 1 aliphatic rings. The number of carbonyl (C=O) groups excluding carboxylic acids is 1. The summed E-state index contributed by atoms with van der Waals surface area (Å²) in [6, 6.07) is 7.00. The van der Waals surface area contributed by atoms with Gasteiger partial charge in [0.05, 0.1) is 0 Å². The average Bonchev–Trinajstić information content (AvgIpc) is 2.43. The fraction of sp³-hybridized carbons (Fsp3) is 0.188. The molecule has 0 saturated heterocycles. The second kappa shape index (κ2) is 7.13. The van der Waals surface area contributed by atoms with Gasteiger partial charge >= 0.3 is 0 Å². The van der Waals surface area contributed by atoms with E-state index in [2.05, 4.69) is 11.5 Å². The van der Waals surface area contributed by atoms with Gasteiger partial charge in [-0.3, -0.25) is 4.79 Å². The Balaban J connectivity index is 0.000000771. The van der Waals surface area contributed by atoms with Crippen molar-refractivity contribution in [2.75, 3.05) is 0 Å². The maximum atomic E-state index is 11.1. The summed E-state index contributed by atoms with van der Waals surface area (Å²) < 4.78 is 5.51. The molecule has 0 N–H and O–H groups in total. The molecule has 2 heteroatoms. The predicted molar refractivity (Wildman–Crippen MR) is 72.7 cm³/mol. The number of hydrogen-bond donors (Lipinski definition) is 0. The second-order valence-electron chi connectivity index (χ2n) is 3.34. The number of carbonyl (C=O) groups is 1. The first-order chi connectivity index (χ1) is 8.75. The summed E-state index contributed by atoms with van der Waals surface area (Å²) in [5.74, 6) is 1.34. The number of allylic oxidation sites excluding steroid dienone is 3. The van der Waals surface area contributed by atoms with Crippen molar-refractivity contribution in [3.63, 3.8) is 0 Å². The first-order valence-corrected chi connectivity index (χ1v) is 5.93. The van der Waals surface area contributed by atoms with Crippen molar-refractivity contribution < 1.29 is 9.53 Å². The van der Waals surface area contributed by atoms with Crippen molar-refractivity contribution in [3.05, 3.63) is 65.3 Å². The topological polar surface area (TPSA) is 26.3 Å². The molecule has 92 valence electrons. The standard InChI is InChI=1S/C14H10O2.C2H6/c1-11(15)12-7-9-14(10-8-12)16-13-5-3-2-4-6-13;1-2/h2-3,5,7-10H,1H3;1-2H3. The molecule has 0 unspecified atom stereocenters. The second-order valence-corrected chi connectivity index (χ2v) is 3.34. The van der Waals surface area contributed by atoms with Crippen LogP contribution < -0.4 is 4.74 Å². The van der Waals surface area contributed by atoms with Gasteiger partial charge < -0.3 is 4.74 Å². The molecule has 0 heterocycles. The molecule has 18 heavy (non-hydrogen) atoms. The number of Topliss-reactive ketones (excluding diaryl/α,β-unsaturated/α-hetero) is 1. The summed E-state index contributed by atoms with van der Waals surface area (Å²) in [5, 5.41) is 0. The molecule has 0 amide bonds. The minimum absolute atomic E-state index is 0.0474. The van der Waals surface area contributed by atoms with Crippen LogP contribution in [0.5, 0.6) is 5.75 Å². The predicted octanol–water partition coefficient (Wildman–Crippen LogP) is 4.06. The minimum atomic E-state index is 0.0474. The average molecular weight is 240 g/mol. The summed E-state index contributed by atoms with van der Waals surface area (Å²) in [6.07, 6.45) is 5.39. The molecule has 2 nitrogen and oxygen atoms in total. The first kappa shape index (κ1) is 13.8. The van der Waals surface area contributed by atoms with E-state index in [0.717, 1.165) is 0 Å². The van der Waals surface area contributed by atoms with E-state index >= 15 is 0 Å². The third kappa shape index (κ3) is 3.95. The van der Waals surface area contributed by atoms with Gasteiger partial charge in [0.2, 0.25) is 0 Å². The van der Waals surface area contributed by atoms with Gasteiger partial charge in [-0.2, -0.15) is 0 Å². The number of rotatable bonds is 3. The summed E-state index contributed by atoms with van der Waals surface area (Å²) >= 11 is 0. The van der Waals surface area contributed by atoms with E-state index in [9.17, 15) is 4.79 Å². The molecule has 0 spiro atoms. The zero-order chi connectivity index (χ0) is 13.4. The molecule has 0 radical (unpaired) electrons. The largest absolute Gasteiger partial charge is 0.448 e. The lowest BCUT2D eigenvalue weighted by molar-refractivity contribution is 0.101. The maximum Gasteiger partial charge on any atom is 0.177 e. The highest BCUT2D eigenvalue weighted by Gasteiger charge is 2.01. The number of benzene rings is 1. The molecular weight excluding hydrogens is 224 g/mol. The zero-order valence-electron chi connectivity index (χ0n) is 10.9. The third-order valence-electron chi connectivity index (χ3n) is 2.11. The van der Waals surface area contributed by atoms with E-state index in [-0.39, 0.29) is 5.78 Å². The van der Waals surface area contributed by atoms with E-state index in [1.54, 1.807) is 36.4 Å². The molecule has 0 bridgehead atoms. The van der Waals surface area contributed by atoms with E-state index < -0.39 is 0 Å². The van der Waals surface area contributed by atoms with Crippen molar-refractivity contribution in [2.45, 2.75) is 20.8 Å². The van der Waals surface area contributed by atoms with E-state index in [0.29, 0.717) is 17.1 Å². The van der Waals surface area contributed by atoms with Crippen LogP contribution in [-0.4, -0.2) is 5.78 Å². The highest BCUT2D eigenvalue weighted by atomic mass is 16.5. The van der Waals surface area contributed by atoms with Crippen molar-refractivity contribution in [3.8, 4) is 5.75 Å². The van der Waals surface area contributed by atoms with Gasteiger partial charge in [0.1, 0.15) is 5.75 Å². The van der Waals surface area contributed by atoms with Gasteiger partial charge in [-0.1, -0.05) is 19.6 Å². The Kier molecular flexibility index (Phi) is 5.47. The molecule has 1 aromatic carbocycles. The molecule has 1 aliphatic carbocycles. The van der Waals surface area contributed by atoms with Crippen molar-refractivity contribution in [1.82, 2.24) is 0 Å². The minimum Gasteiger partial charge on any atom is -0.448 e. The number of ketones is 1. The lowest BCUT2D eigenvalue weighted by Crippen LogP contribution is -1.94. The quantitative estimate of drug-likeness (QED) is 0.588. The van der Waals surface area contributed by atoms with Crippen molar-refractivity contribution >= 4 is 5.78 Å². The van der Waals surface area contributed by atoms with Crippen LogP contribution in [0.25, 0.3) is 0 Å². The number of hydrogen-bond acceptors (Lipinski definition) is 2. The Bertz CT molecular complexity index is 535. The Labute approximate surface area is 108 Å². The highest BCUT2D eigenvalue weighted by molar-refractivity contribution is 5.94. The van der Waals surface area contributed by atoms with Crippen LogP contribution >= 0.6 is 0 Å². The Morgan fingerprint density at radius 1 is 1.17 bits per heavy atom. The molecule has 0 atom stereocenters. The third-order valence-corrected chi connectivity index (χ3v) is 2.11. The fourth-order valence-corrected chi connectivity index (χ4v) is 1.28. The van der Waals surface area contributed by atoms with E-state index in [1.807, 2.05) is 19.9 Å². The molecule has 2 rings (SSSR count). The summed E-state index contributed by atoms with van der Waals surface area (Å²) in [6.45, 7) is 5.54. The van der Waals surface area contributed by atoms with Crippen LogP contribution in [0, 0.1) is 0 Å². The van der Waals surface area contributed by atoms with Gasteiger partial charge in [0, 0.05) is 5.56 Å². The summed E-state index contributed by atoms with van der Waals surface area (Å²) in [5.41, 5.74) is 6.32. The normalized spacial score (nSPS) is 11.4. The Morgan fingerprint density at radius 3 is 2.33 bits per heavy atom.